The maximum absolute atomic E-state index is 13.4. The Balaban J connectivity index is 1.82. The number of hydrogen-bond donors (Lipinski definition) is 2. The van der Waals surface area contributed by atoms with Crippen LogP contribution < -0.4 is 5.32 Å². The molecule has 2 aromatic rings. The molecule has 0 saturated carbocycles. The van der Waals surface area contributed by atoms with Crippen molar-refractivity contribution >= 4 is 0 Å². The standard InChI is InChI=1S/C13H15F2N3O2/c1-8-17-12(20-18-8)5-6-16-7-11(19)13-9(14)3-2-4-10(13)15/h2-4,11,16,19H,5-7H2,1H3. The van der Waals surface area contributed by atoms with Crippen molar-refractivity contribution in [2.45, 2.75) is 19.4 Å². The van der Waals surface area contributed by atoms with Crippen LogP contribution in [0, 0.1) is 18.6 Å². The Labute approximate surface area is 114 Å². The maximum Gasteiger partial charge on any atom is 0.227 e. The molecule has 1 aromatic heterocycles. The molecule has 108 valence electrons. The van der Waals surface area contributed by atoms with Gasteiger partial charge in [-0.2, -0.15) is 4.98 Å². The fourth-order valence-corrected chi connectivity index (χ4v) is 1.81. The second-order valence-corrected chi connectivity index (χ2v) is 4.34. The van der Waals surface area contributed by atoms with Gasteiger partial charge in [0.1, 0.15) is 11.6 Å². The molecule has 1 atom stereocenters. The van der Waals surface area contributed by atoms with Gasteiger partial charge in [-0.15, -0.1) is 0 Å². The molecule has 2 rings (SSSR count). The van der Waals surface area contributed by atoms with Crippen molar-refractivity contribution in [1.29, 1.82) is 0 Å². The number of aryl methyl sites for hydroxylation is 1. The van der Waals surface area contributed by atoms with E-state index in [1.165, 1.54) is 6.07 Å². The van der Waals surface area contributed by atoms with E-state index >= 15 is 0 Å². The predicted octanol–water partition coefficient (Wildman–Crippen LogP) is 1.52. The van der Waals surface area contributed by atoms with Crippen LogP contribution in [0.3, 0.4) is 0 Å². The Morgan fingerprint density at radius 3 is 2.65 bits per heavy atom. The lowest BCUT2D eigenvalue weighted by Crippen LogP contribution is -2.25. The quantitative estimate of drug-likeness (QED) is 0.787. The van der Waals surface area contributed by atoms with E-state index in [0.29, 0.717) is 24.7 Å². The van der Waals surface area contributed by atoms with Crippen molar-refractivity contribution in [3.05, 3.63) is 47.1 Å². The van der Waals surface area contributed by atoms with Crippen molar-refractivity contribution in [2.24, 2.45) is 0 Å². The monoisotopic (exact) mass is 283 g/mol. The Hall–Kier alpha value is -1.86. The SMILES string of the molecule is Cc1noc(CCNCC(O)c2c(F)cccc2F)n1. The minimum absolute atomic E-state index is 0.0327. The summed E-state index contributed by atoms with van der Waals surface area (Å²) in [6.07, 6.45) is -0.770. The van der Waals surface area contributed by atoms with E-state index in [4.69, 9.17) is 4.52 Å². The van der Waals surface area contributed by atoms with Crippen LogP contribution in [-0.2, 0) is 6.42 Å². The van der Waals surface area contributed by atoms with Gasteiger partial charge in [-0.25, -0.2) is 8.78 Å². The number of halogens is 2. The number of hydrogen-bond acceptors (Lipinski definition) is 5. The average molecular weight is 283 g/mol. The number of nitrogens with one attached hydrogen (secondary N) is 1. The zero-order chi connectivity index (χ0) is 14.5. The second kappa shape index (κ2) is 6.53. The molecule has 20 heavy (non-hydrogen) atoms. The van der Waals surface area contributed by atoms with Gasteiger partial charge in [0.2, 0.25) is 5.89 Å². The summed E-state index contributed by atoms with van der Waals surface area (Å²) in [5, 5.41) is 16.3. The number of aromatic nitrogens is 2. The first-order chi connectivity index (χ1) is 9.58. The Morgan fingerprint density at radius 2 is 2.05 bits per heavy atom. The van der Waals surface area contributed by atoms with E-state index in [9.17, 15) is 13.9 Å². The highest BCUT2D eigenvalue weighted by atomic mass is 19.1. The third kappa shape index (κ3) is 3.58. The zero-order valence-corrected chi connectivity index (χ0v) is 10.9. The molecular formula is C13H15F2N3O2. The van der Waals surface area contributed by atoms with Crippen molar-refractivity contribution < 1.29 is 18.4 Å². The van der Waals surface area contributed by atoms with Gasteiger partial charge in [-0.05, 0) is 19.1 Å². The van der Waals surface area contributed by atoms with Gasteiger partial charge in [0, 0.05) is 19.5 Å². The molecular weight excluding hydrogens is 268 g/mol. The molecule has 0 bridgehead atoms. The van der Waals surface area contributed by atoms with Crippen LogP contribution in [0.5, 0.6) is 0 Å². The summed E-state index contributed by atoms with van der Waals surface area (Å²) in [5.74, 6) is -0.492. The summed E-state index contributed by atoms with van der Waals surface area (Å²) in [7, 11) is 0. The van der Waals surface area contributed by atoms with E-state index in [1.54, 1.807) is 6.92 Å². The van der Waals surface area contributed by atoms with Crippen LogP contribution in [0.2, 0.25) is 0 Å². The van der Waals surface area contributed by atoms with Crippen LogP contribution in [0.1, 0.15) is 23.4 Å². The molecule has 5 nitrogen and oxygen atoms in total. The molecule has 0 fully saturated rings. The number of rotatable bonds is 6. The first-order valence-corrected chi connectivity index (χ1v) is 6.20. The largest absolute Gasteiger partial charge is 0.387 e. The minimum Gasteiger partial charge on any atom is -0.387 e. The molecule has 0 spiro atoms. The van der Waals surface area contributed by atoms with E-state index in [-0.39, 0.29) is 12.1 Å². The van der Waals surface area contributed by atoms with Gasteiger partial charge >= 0.3 is 0 Å². The summed E-state index contributed by atoms with van der Waals surface area (Å²) < 4.78 is 31.7. The number of aliphatic hydroxyl groups is 1. The lowest BCUT2D eigenvalue weighted by Gasteiger charge is -2.13. The molecule has 0 aliphatic carbocycles. The summed E-state index contributed by atoms with van der Waals surface area (Å²) in [6.45, 7) is 2.20. The lowest BCUT2D eigenvalue weighted by atomic mass is 10.1. The van der Waals surface area contributed by atoms with Gasteiger partial charge in [0.05, 0.1) is 11.7 Å². The Kier molecular flexibility index (Phi) is 4.75. The molecule has 0 saturated heterocycles. The molecule has 1 heterocycles. The van der Waals surface area contributed by atoms with E-state index < -0.39 is 17.7 Å². The molecule has 0 amide bonds. The zero-order valence-electron chi connectivity index (χ0n) is 10.9. The van der Waals surface area contributed by atoms with Gasteiger partial charge in [0.15, 0.2) is 5.82 Å². The predicted molar refractivity (Wildman–Crippen MR) is 66.9 cm³/mol. The molecule has 7 heteroatoms. The highest BCUT2D eigenvalue weighted by Crippen LogP contribution is 2.19. The third-order valence-corrected chi connectivity index (χ3v) is 2.76. The molecule has 1 unspecified atom stereocenters. The third-order valence-electron chi connectivity index (χ3n) is 2.76. The van der Waals surface area contributed by atoms with E-state index in [2.05, 4.69) is 15.5 Å². The van der Waals surface area contributed by atoms with Gasteiger partial charge < -0.3 is 14.9 Å². The first-order valence-electron chi connectivity index (χ1n) is 6.20. The Bertz CT molecular complexity index is 554. The maximum atomic E-state index is 13.4. The highest BCUT2D eigenvalue weighted by molar-refractivity contribution is 5.22. The van der Waals surface area contributed by atoms with Crippen molar-refractivity contribution in [1.82, 2.24) is 15.5 Å². The molecule has 0 radical (unpaired) electrons. The number of aliphatic hydroxyl groups excluding tert-OH is 1. The van der Waals surface area contributed by atoms with Crippen LogP contribution in [0.4, 0.5) is 8.78 Å². The molecule has 2 N–H and O–H groups in total. The average Bonchev–Trinajstić information content (AvgIpc) is 2.80. The van der Waals surface area contributed by atoms with Crippen LogP contribution in [0.25, 0.3) is 0 Å². The summed E-state index contributed by atoms with van der Waals surface area (Å²) >= 11 is 0. The van der Waals surface area contributed by atoms with Crippen molar-refractivity contribution in [2.75, 3.05) is 13.1 Å². The minimum atomic E-state index is -1.25. The van der Waals surface area contributed by atoms with Gasteiger partial charge in [0.25, 0.3) is 0 Å². The van der Waals surface area contributed by atoms with Crippen LogP contribution in [0.15, 0.2) is 22.7 Å². The second-order valence-electron chi connectivity index (χ2n) is 4.34. The molecule has 1 aromatic carbocycles. The lowest BCUT2D eigenvalue weighted by molar-refractivity contribution is 0.165. The number of nitrogens with zero attached hydrogens (tertiary/aromatic N) is 2. The topological polar surface area (TPSA) is 71.2 Å². The summed E-state index contributed by atoms with van der Waals surface area (Å²) in [4.78, 5) is 4.01. The van der Waals surface area contributed by atoms with E-state index in [1.807, 2.05) is 0 Å². The fourth-order valence-electron chi connectivity index (χ4n) is 1.81. The van der Waals surface area contributed by atoms with Gasteiger partial charge in [-0.3, -0.25) is 0 Å². The summed E-state index contributed by atoms with van der Waals surface area (Å²) in [5.41, 5.74) is -0.325. The Morgan fingerprint density at radius 1 is 1.35 bits per heavy atom. The smallest absolute Gasteiger partial charge is 0.227 e. The van der Waals surface area contributed by atoms with Gasteiger partial charge in [-0.1, -0.05) is 11.2 Å². The first kappa shape index (κ1) is 14.5. The normalized spacial score (nSPS) is 12.6. The van der Waals surface area contributed by atoms with Crippen LogP contribution in [-0.4, -0.2) is 28.3 Å². The molecule has 0 aliphatic rings. The van der Waals surface area contributed by atoms with Crippen molar-refractivity contribution in [3.63, 3.8) is 0 Å². The fraction of sp³-hybridized carbons (Fsp3) is 0.385. The van der Waals surface area contributed by atoms with Crippen molar-refractivity contribution in [3.8, 4) is 0 Å². The van der Waals surface area contributed by atoms with E-state index in [0.717, 1.165) is 12.1 Å². The highest BCUT2D eigenvalue weighted by Gasteiger charge is 2.17. The number of benzene rings is 1. The summed E-state index contributed by atoms with van der Waals surface area (Å²) in [6, 6.07) is 3.48. The van der Waals surface area contributed by atoms with Crippen LogP contribution >= 0.6 is 0 Å². The molecule has 0 aliphatic heterocycles.